The fourth-order valence-corrected chi connectivity index (χ4v) is 2.80. The van der Waals surface area contributed by atoms with Crippen LogP contribution in [0.25, 0.3) is 10.9 Å². The van der Waals surface area contributed by atoms with Crippen LogP contribution in [0.2, 0.25) is 0 Å². The fraction of sp³-hybridized carbons (Fsp3) is 0.263. The summed E-state index contributed by atoms with van der Waals surface area (Å²) in [5.41, 5.74) is 2.27. The van der Waals surface area contributed by atoms with Crippen LogP contribution in [0, 0.1) is 6.92 Å². The van der Waals surface area contributed by atoms with Crippen molar-refractivity contribution in [2.45, 2.75) is 33.4 Å². The van der Waals surface area contributed by atoms with E-state index in [-0.39, 0.29) is 18.0 Å². The summed E-state index contributed by atoms with van der Waals surface area (Å²) in [7, 11) is 0. The Morgan fingerprint density at radius 2 is 2.04 bits per heavy atom. The lowest BCUT2D eigenvalue weighted by molar-refractivity contribution is -0.132. The number of H-pyrrole nitrogens is 1. The highest BCUT2D eigenvalue weighted by Gasteiger charge is 2.16. The normalized spacial score (nSPS) is 10.9. The Morgan fingerprint density at radius 3 is 2.75 bits per heavy atom. The lowest BCUT2D eigenvalue weighted by atomic mass is 10.1. The average Bonchev–Trinajstić information content (AvgIpc) is 3.08. The molecule has 2 aromatic heterocycles. The average molecular weight is 324 g/mol. The Bertz CT molecular complexity index is 910. The standard InChI is InChI=1S/C19H20N2O3/c1-3-17(22)21(12-16-8-5-9-24-16)11-15-10-14-7-4-6-13(2)18(14)20-19(15)23/h4-10H,3,11-12H2,1-2H3,(H,20,23). The van der Waals surface area contributed by atoms with Crippen molar-refractivity contribution in [3.8, 4) is 0 Å². The highest BCUT2D eigenvalue weighted by Crippen LogP contribution is 2.17. The van der Waals surface area contributed by atoms with E-state index < -0.39 is 0 Å². The van der Waals surface area contributed by atoms with Crippen LogP contribution in [0.1, 0.15) is 30.2 Å². The number of nitrogens with zero attached hydrogens (tertiary/aromatic N) is 1. The molecule has 0 aliphatic heterocycles. The van der Waals surface area contributed by atoms with Gasteiger partial charge in [-0.2, -0.15) is 0 Å². The Balaban J connectivity index is 1.94. The van der Waals surface area contributed by atoms with Gasteiger partial charge in [0.05, 0.1) is 24.9 Å². The van der Waals surface area contributed by atoms with Crippen molar-refractivity contribution in [2.75, 3.05) is 0 Å². The maximum absolute atomic E-state index is 12.4. The molecule has 5 nitrogen and oxygen atoms in total. The monoisotopic (exact) mass is 324 g/mol. The second-order valence-corrected chi connectivity index (χ2v) is 5.85. The van der Waals surface area contributed by atoms with Gasteiger partial charge in [0.15, 0.2) is 0 Å². The van der Waals surface area contributed by atoms with Crippen molar-refractivity contribution in [3.63, 3.8) is 0 Å². The number of para-hydroxylation sites is 1. The number of carbonyl (C=O) groups excluding carboxylic acids is 1. The summed E-state index contributed by atoms with van der Waals surface area (Å²) < 4.78 is 5.33. The van der Waals surface area contributed by atoms with Crippen molar-refractivity contribution in [2.24, 2.45) is 0 Å². The SMILES string of the molecule is CCC(=O)N(Cc1ccco1)Cc1cc2cccc(C)c2[nH]c1=O. The lowest BCUT2D eigenvalue weighted by Gasteiger charge is -2.21. The molecule has 3 rings (SSSR count). The minimum atomic E-state index is -0.162. The van der Waals surface area contributed by atoms with Crippen LogP contribution in [-0.2, 0) is 17.9 Å². The van der Waals surface area contributed by atoms with Gasteiger partial charge in [0.2, 0.25) is 5.91 Å². The Morgan fingerprint density at radius 1 is 1.21 bits per heavy atom. The van der Waals surface area contributed by atoms with Gasteiger partial charge in [0.1, 0.15) is 5.76 Å². The third-order valence-electron chi connectivity index (χ3n) is 4.11. The number of amides is 1. The van der Waals surface area contributed by atoms with Crippen LogP contribution < -0.4 is 5.56 Å². The molecule has 124 valence electrons. The summed E-state index contributed by atoms with van der Waals surface area (Å²) >= 11 is 0. The fourth-order valence-electron chi connectivity index (χ4n) is 2.80. The predicted octanol–water partition coefficient (Wildman–Crippen LogP) is 3.37. The van der Waals surface area contributed by atoms with E-state index >= 15 is 0 Å². The van der Waals surface area contributed by atoms with Gasteiger partial charge in [0, 0.05) is 12.0 Å². The van der Waals surface area contributed by atoms with Gasteiger partial charge in [-0.15, -0.1) is 0 Å². The van der Waals surface area contributed by atoms with Crippen molar-refractivity contribution < 1.29 is 9.21 Å². The van der Waals surface area contributed by atoms with E-state index in [2.05, 4.69) is 4.98 Å². The molecule has 2 heterocycles. The number of hydrogen-bond donors (Lipinski definition) is 1. The van der Waals surface area contributed by atoms with E-state index in [1.165, 1.54) is 0 Å². The van der Waals surface area contributed by atoms with E-state index in [1.807, 2.05) is 44.2 Å². The van der Waals surface area contributed by atoms with Gasteiger partial charge in [-0.25, -0.2) is 0 Å². The highest BCUT2D eigenvalue weighted by atomic mass is 16.3. The van der Waals surface area contributed by atoms with Gasteiger partial charge in [-0.1, -0.05) is 25.1 Å². The molecule has 1 N–H and O–H groups in total. The molecule has 0 fully saturated rings. The molecule has 0 aliphatic rings. The van der Waals surface area contributed by atoms with E-state index in [0.717, 1.165) is 16.5 Å². The van der Waals surface area contributed by atoms with Crippen LogP contribution in [0.3, 0.4) is 0 Å². The van der Waals surface area contributed by atoms with Gasteiger partial charge in [-0.05, 0) is 36.1 Å². The third kappa shape index (κ3) is 3.25. The topological polar surface area (TPSA) is 66.3 Å². The lowest BCUT2D eigenvalue weighted by Crippen LogP contribution is -2.31. The van der Waals surface area contributed by atoms with Crippen LogP contribution in [0.15, 0.2) is 51.9 Å². The number of aromatic nitrogens is 1. The molecule has 0 saturated carbocycles. The van der Waals surface area contributed by atoms with Gasteiger partial charge >= 0.3 is 0 Å². The minimum absolute atomic E-state index is 0.0184. The van der Waals surface area contributed by atoms with Gasteiger partial charge in [0.25, 0.3) is 5.56 Å². The number of hydrogen-bond acceptors (Lipinski definition) is 3. The first-order valence-corrected chi connectivity index (χ1v) is 8.00. The molecule has 0 saturated heterocycles. The predicted molar refractivity (Wildman–Crippen MR) is 92.6 cm³/mol. The molecule has 0 atom stereocenters. The number of aromatic amines is 1. The minimum Gasteiger partial charge on any atom is -0.467 e. The van der Waals surface area contributed by atoms with Gasteiger partial charge < -0.3 is 14.3 Å². The molecular weight excluding hydrogens is 304 g/mol. The van der Waals surface area contributed by atoms with E-state index in [9.17, 15) is 9.59 Å². The first-order chi connectivity index (χ1) is 11.6. The maximum atomic E-state index is 12.4. The molecule has 0 bridgehead atoms. The summed E-state index contributed by atoms with van der Waals surface area (Å²) in [6.45, 7) is 4.38. The molecule has 0 unspecified atom stereocenters. The van der Waals surface area contributed by atoms with E-state index in [0.29, 0.717) is 24.3 Å². The largest absolute Gasteiger partial charge is 0.467 e. The zero-order valence-electron chi connectivity index (χ0n) is 13.8. The van der Waals surface area contributed by atoms with Crippen molar-refractivity contribution in [1.82, 2.24) is 9.88 Å². The van der Waals surface area contributed by atoms with Crippen molar-refractivity contribution in [3.05, 3.63) is 69.9 Å². The molecule has 24 heavy (non-hydrogen) atoms. The first kappa shape index (κ1) is 16.1. The molecule has 1 amide bonds. The van der Waals surface area contributed by atoms with E-state index in [4.69, 9.17) is 4.42 Å². The highest BCUT2D eigenvalue weighted by molar-refractivity contribution is 5.82. The first-order valence-electron chi connectivity index (χ1n) is 8.00. The number of carbonyl (C=O) groups is 1. The molecule has 5 heteroatoms. The number of furan rings is 1. The van der Waals surface area contributed by atoms with Crippen LogP contribution in [0.5, 0.6) is 0 Å². The number of pyridine rings is 1. The summed E-state index contributed by atoms with van der Waals surface area (Å²) in [6, 6.07) is 11.3. The maximum Gasteiger partial charge on any atom is 0.253 e. The molecule has 0 radical (unpaired) electrons. The molecule has 0 aliphatic carbocycles. The van der Waals surface area contributed by atoms with Crippen LogP contribution >= 0.6 is 0 Å². The van der Waals surface area contributed by atoms with Gasteiger partial charge in [-0.3, -0.25) is 9.59 Å². The number of aryl methyl sites for hydroxylation is 1. The Hall–Kier alpha value is -2.82. The van der Waals surface area contributed by atoms with Crippen LogP contribution in [0.4, 0.5) is 0 Å². The zero-order chi connectivity index (χ0) is 17.1. The molecule has 1 aromatic carbocycles. The molecule has 3 aromatic rings. The van der Waals surface area contributed by atoms with Crippen LogP contribution in [-0.4, -0.2) is 15.8 Å². The summed E-state index contributed by atoms with van der Waals surface area (Å²) in [6.07, 6.45) is 1.96. The summed E-state index contributed by atoms with van der Waals surface area (Å²) in [4.78, 5) is 29.2. The molecule has 0 spiro atoms. The zero-order valence-corrected chi connectivity index (χ0v) is 13.8. The smallest absolute Gasteiger partial charge is 0.253 e. The van der Waals surface area contributed by atoms with Crippen molar-refractivity contribution in [1.29, 1.82) is 0 Å². The summed E-state index contributed by atoms with van der Waals surface area (Å²) in [5.74, 6) is 0.681. The Kier molecular flexibility index (Phi) is 4.51. The number of rotatable bonds is 5. The summed E-state index contributed by atoms with van der Waals surface area (Å²) in [5, 5.41) is 0.964. The van der Waals surface area contributed by atoms with Crippen molar-refractivity contribution >= 4 is 16.8 Å². The second kappa shape index (κ2) is 6.74. The third-order valence-corrected chi connectivity index (χ3v) is 4.11. The number of fused-ring (bicyclic) bond motifs is 1. The number of nitrogens with one attached hydrogen (secondary N) is 1. The Labute approximate surface area is 139 Å². The van der Waals surface area contributed by atoms with E-state index in [1.54, 1.807) is 17.2 Å². The number of benzene rings is 1. The second-order valence-electron chi connectivity index (χ2n) is 5.85. The quantitative estimate of drug-likeness (QED) is 0.782. The molecular formula is C19H20N2O3.